The lowest BCUT2D eigenvalue weighted by atomic mass is 10.2. The molecule has 1 atom stereocenters. The van der Waals surface area contributed by atoms with Crippen LogP contribution in [0.15, 0.2) is 186 Å². The molecule has 1 unspecified atom stereocenters. The normalized spacial score (nSPS) is 12.3. The Morgan fingerprint density at radius 3 is 1.08 bits per heavy atom. The molecule has 264 valence electrons. The second-order valence-corrected chi connectivity index (χ2v) is 16.9. The zero-order chi connectivity index (χ0) is 36.8. The van der Waals surface area contributed by atoms with E-state index in [0.717, 1.165) is 16.6 Å². The van der Waals surface area contributed by atoms with E-state index in [1.807, 2.05) is 110 Å². The van der Waals surface area contributed by atoms with Crippen molar-refractivity contribution in [2.24, 2.45) is 0 Å². The van der Waals surface area contributed by atoms with Crippen LogP contribution >= 0.6 is 7.14 Å². The highest BCUT2D eigenvalue weighted by Gasteiger charge is 2.30. The summed E-state index contributed by atoms with van der Waals surface area (Å²) in [5.74, 6) is 4.26. The Morgan fingerprint density at radius 2 is 0.698 bits per heavy atom. The Labute approximate surface area is 309 Å². The minimum Gasteiger partial charge on any atom is -0.497 e. The number of rotatable bonds is 12. The molecule has 7 aromatic rings. The van der Waals surface area contributed by atoms with E-state index < -0.39 is 17.0 Å². The Kier molecular flexibility index (Phi) is 10.2. The fourth-order valence-corrected chi connectivity index (χ4v) is 9.59. The third-order valence-corrected chi connectivity index (χ3v) is 13.4. The Hall–Kier alpha value is -6.08. The van der Waals surface area contributed by atoms with E-state index >= 15 is 4.57 Å². The highest BCUT2D eigenvalue weighted by atomic mass is 32.2. The van der Waals surface area contributed by atoms with Gasteiger partial charge in [-0.25, -0.2) is 8.42 Å². The molecule has 0 aliphatic heterocycles. The molecule has 0 radical (unpaired) electrons. The summed E-state index contributed by atoms with van der Waals surface area (Å²) in [5.41, 5.74) is 0.990. The lowest BCUT2D eigenvalue weighted by Gasteiger charge is -2.20. The van der Waals surface area contributed by atoms with Crippen molar-refractivity contribution in [2.45, 2.75) is 16.7 Å². The summed E-state index contributed by atoms with van der Waals surface area (Å²) >= 11 is 0. The summed E-state index contributed by atoms with van der Waals surface area (Å²) in [6.07, 6.45) is 0. The number of methoxy groups -OCH3 is 1. The molecule has 0 heterocycles. The van der Waals surface area contributed by atoms with Crippen LogP contribution in [0.1, 0.15) is 5.56 Å². The molecule has 7 aromatic carbocycles. The quantitative estimate of drug-likeness (QED) is 0.115. The standard InChI is InChI=1S/C44H35O7PS/c1-32-8-28-43(29-9-32)53(46,47)44-30-22-39(23-31-44)51-36-16-14-35(15-17-36)50-38-20-26-42(27-21-38)52(45,40-6-4-3-5-7-40)41-24-18-37(19-25-41)49-34-12-10-33(48-2)11-13-34/h3-31H,1-2H3. The molecule has 9 heteroatoms. The largest absolute Gasteiger partial charge is 0.497 e. The molecule has 0 amide bonds. The molecular weight excluding hydrogens is 704 g/mol. The Bertz CT molecular complexity index is 2450. The summed E-state index contributed by atoms with van der Waals surface area (Å²) in [5, 5.41) is 2.06. The van der Waals surface area contributed by atoms with Gasteiger partial charge in [-0.3, -0.25) is 0 Å². The van der Waals surface area contributed by atoms with Crippen molar-refractivity contribution in [2.75, 3.05) is 7.11 Å². The van der Waals surface area contributed by atoms with Gasteiger partial charge >= 0.3 is 0 Å². The number of benzene rings is 7. The van der Waals surface area contributed by atoms with Crippen LogP contribution in [-0.2, 0) is 14.4 Å². The van der Waals surface area contributed by atoms with E-state index in [4.69, 9.17) is 18.9 Å². The van der Waals surface area contributed by atoms with Crippen molar-refractivity contribution in [3.8, 4) is 40.2 Å². The third kappa shape index (κ3) is 7.90. The molecule has 0 spiro atoms. The first-order chi connectivity index (χ1) is 25.7. The molecular formula is C44H35O7PS. The molecule has 0 N–H and O–H groups in total. The smallest absolute Gasteiger partial charge is 0.206 e. The van der Waals surface area contributed by atoms with Crippen LogP contribution in [0.25, 0.3) is 0 Å². The van der Waals surface area contributed by atoms with Crippen molar-refractivity contribution >= 4 is 32.9 Å². The number of aryl methyl sites for hydroxylation is 1. The predicted octanol–water partition coefficient (Wildman–Crippen LogP) is 9.85. The molecule has 0 saturated heterocycles. The fourth-order valence-electron chi connectivity index (χ4n) is 5.70. The molecule has 7 nitrogen and oxygen atoms in total. The van der Waals surface area contributed by atoms with E-state index in [1.165, 1.54) is 12.1 Å². The van der Waals surface area contributed by atoms with Gasteiger partial charge in [0.25, 0.3) is 0 Å². The van der Waals surface area contributed by atoms with Gasteiger partial charge in [0, 0.05) is 15.9 Å². The van der Waals surface area contributed by atoms with Crippen LogP contribution in [-0.4, -0.2) is 15.5 Å². The second kappa shape index (κ2) is 15.3. The van der Waals surface area contributed by atoms with Crippen molar-refractivity contribution < 1.29 is 31.9 Å². The number of sulfone groups is 1. The van der Waals surface area contributed by atoms with Crippen molar-refractivity contribution in [1.29, 1.82) is 0 Å². The molecule has 7 rings (SSSR count). The minimum atomic E-state index is -3.63. The first kappa shape index (κ1) is 35.3. The van der Waals surface area contributed by atoms with Gasteiger partial charge in [0.1, 0.15) is 40.2 Å². The SMILES string of the molecule is COc1ccc(Oc2ccc(P(=O)(c3ccccc3)c3ccc(Oc4ccc(Oc5ccc(S(=O)(=O)c6ccc(C)cc6)cc5)cc4)cc3)cc2)cc1. The first-order valence-electron chi connectivity index (χ1n) is 16.8. The van der Waals surface area contributed by atoms with Crippen molar-refractivity contribution in [3.63, 3.8) is 0 Å². The van der Waals surface area contributed by atoms with Crippen LogP contribution in [0.4, 0.5) is 0 Å². The minimum absolute atomic E-state index is 0.192. The molecule has 0 aliphatic carbocycles. The summed E-state index contributed by atoms with van der Waals surface area (Å²) < 4.78 is 64.3. The molecule has 0 fully saturated rings. The van der Waals surface area contributed by atoms with Gasteiger partial charge < -0.3 is 23.5 Å². The monoisotopic (exact) mass is 738 g/mol. The summed E-state index contributed by atoms with van der Waals surface area (Å²) in [7, 11) is -5.25. The van der Waals surface area contributed by atoms with E-state index in [1.54, 1.807) is 67.8 Å². The molecule has 0 aromatic heterocycles. The van der Waals surface area contributed by atoms with Crippen molar-refractivity contribution in [1.82, 2.24) is 0 Å². The van der Waals surface area contributed by atoms with E-state index in [9.17, 15) is 8.42 Å². The lowest BCUT2D eigenvalue weighted by Crippen LogP contribution is -2.24. The van der Waals surface area contributed by atoms with Crippen LogP contribution < -0.4 is 34.9 Å². The highest BCUT2D eigenvalue weighted by Crippen LogP contribution is 2.43. The van der Waals surface area contributed by atoms with Crippen LogP contribution in [0.3, 0.4) is 0 Å². The molecule has 0 saturated carbocycles. The Morgan fingerprint density at radius 1 is 0.396 bits per heavy atom. The Balaban J connectivity index is 1.03. The third-order valence-electron chi connectivity index (χ3n) is 8.58. The van der Waals surface area contributed by atoms with Crippen LogP contribution in [0.5, 0.6) is 40.2 Å². The van der Waals surface area contributed by atoms with Gasteiger partial charge in [0.15, 0.2) is 7.14 Å². The maximum atomic E-state index is 15.0. The van der Waals surface area contributed by atoms with E-state index in [2.05, 4.69) is 0 Å². The summed E-state index contributed by atoms with van der Waals surface area (Å²) in [6, 6.07) is 51.6. The molecule has 53 heavy (non-hydrogen) atoms. The molecule has 0 bridgehead atoms. The second-order valence-electron chi connectivity index (χ2n) is 12.2. The van der Waals surface area contributed by atoms with Gasteiger partial charge in [0.2, 0.25) is 9.84 Å². The lowest BCUT2D eigenvalue weighted by molar-refractivity contribution is 0.413. The van der Waals surface area contributed by atoms with E-state index in [-0.39, 0.29) is 9.79 Å². The zero-order valence-corrected chi connectivity index (χ0v) is 30.7. The highest BCUT2D eigenvalue weighted by molar-refractivity contribution is 7.91. The average Bonchev–Trinajstić information content (AvgIpc) is 3.20. The number of hydrogen-bond acceptors (Lipinski definition) is 7. The number of hydrogen-bond donors (Lipinski definition) is 0. The topological polar surface area (TPSA) is 88.1 Å². The average molecular weight is 739 g/mol. The first-order valence-corrected chi connectivity index (χ1v) is 20.0. The summed E-state index contributed by atoms with van der Waals surface area (Å²) in [6.45, 7) is 1.91. The maximum Gasteiger partial charge on any atom is 0.206 e. The van der Waals surface area contributed by atoms with Crippen LogP contribution in [0.2, 0.25) is 0 Å². The maximum absolute atomic E-state index is 15.0. The van der Waals surface area contributed by atoms with Gasteiger partial charge in [-0.05, 0) is 140 Å². The van der Waals surface area contributed by atoms with Crippen molar-refractivity contribution in [3.05, 3.63) is 181 Å². The van der Waals surface area contributed by atoms with Gasteiger partial charge in [0.05, 0.1) is 16.9 Å². The van der Waals surface area contributed by atoms with Gasteiger partial charge in [-0.15, -0.1) is 0 Å². The predicted molar refractivity (Wildman–Crippen MR) is 209 cm³/mol. The molecule has 0 aliphatic rings. The van der Waals surface area contributed by atoms with Gasteiger partial charge in [-0.2, -0.15) is 0 Å². The summed E-state index contributed by atoms with van der Waals surface area (Å²) in [4.78, 5) is 0.436. The van der Waals surface area contributed by atoms with Crippen LogP contribution in [0, 0.1) is 6.92 Å². The van der Waals surface area contributed by atoms with Gasteiger partial charge in [-0.1, -0.05) is 48.0 Å². The zero-order valence-electron chi connectivity index (χ0n) is 29.0. The van der Waals surface area contributed by atoms with E-state index in [0.29, 0.717) is 45.1 Å². The number of ether oxygens (including phenoxy) is 4. The fraction of sp³-hybridized carbons (Fsp3) is 0.0455.